The number of sulfonamides is 1. The molecule has 2 aromatic carbocycles. The van der Waals surface area contributed by atoms with Gasteiger partial charge in [0.15, 0.2) is 0 Å². The number of amides is 1. The fourth-order valence-corrected chi connectivity index (χ4v) is 5.89. The van der Waals surface area contributed by atoms with E-state index in [-0.39, 0.29) is 28.2 Å². The Balaban J connectivity index is 1.54. The Morgan fingerprint density at radius 3 is 2.64 bits per heavy atom. The van der Waals surface area contributed by atoms with Crippen LogP contribution in [0.4, 0.5) is 5.69 Å². The number of aromatic nitrogens is 2. The van der Waals surface area contributed by atoms with E-state index in [9.17, 15) is 13.2 Å². The highest BCUT2D eigenvalue weighted by Gasteiger charge is 2.34. The van der Waals surface area contributed by atoms with Crippen LogP contribution in [0.2, 0.25) is 10.0 Å². The van der Waals surface area contributed by atoms with Crippen LogP contribution in [-0.2, 0) is 14.8 Å². The van der Waals surface area contributed by atoms with Gasteiger partial charge in [0.2, 0.25) is 27.6 Å². The van der Waals surface area contributed by atoms with Crippen LogP contribution in [0.5, 0.6) is 0 Å². The number of anilines is 1. The number of aryl methyl sites for hydroxylation is 2. The molecule has 0 radical (unpaired) electrons. The quantitative estimate of drug-likeness (QED) is 0.535. The van der Waals surface area contributed by atoms with Crippen LogP contribution in [0, 0.1) is 19.8 Å². The van der Waals surface area contributed by atoms with Gasteiger partial charge in [-0.2, -0.15) is 9.29 Å². The standard InChI is InChI=1S/C22H22Cl2N4O4S/c1-13-5-7-17(11-19(13)24)26-22(29)16-4-3-9-28(12-16)33(30,31)20-10-15(6-8-18(20)23)21-25-14(2)32-27-21/h5-8,10-11,16H,3-4,9,12H2,1-2H3,(H,26,29)/t16-/m0/s1. The molecule has 8 nitrogen and oxygen atoms in total. The molecule has 1 aliphatic heterocycles. The van der Waals surface area contributed by atoms with Crippen molar-refractivity contribution in [3.63, 3.8) is 0 Å². The van der Waals surface area contributed by atoms with Crippen molar-refractivity contribution in [2.75, 3.05) is 18.4 Å². The number of carbonyl (C=O) groups is 1. The molecule has 1 amide bonds. The molecule has 0 bridgehead atoms. The zero-order valence-electron chi connectivity index (χ0n) is 18.0. The Morgan fingerprint density at radius 1 is 1.15 bits per heavy atom. The maximum absolute atomic E-state index is 13.4. The Hall–Kier alpha value is -2.46. The lowest BCUT2D eigenvalue weighted by molar-refractivity contribution is -0.120. The van der Waals surface area contributed by atoms with Gasteiger partial charge in [-0.15, -0.1) is 0 Å². The molecular weight excluding hydrogens is 487 g/mol. The minimum Gasteiger partial charge on any atom is -0.339 e. The van der Waals surface area contributed by atoms with Gasteiger partial charge in [-0.25, -0.2) is 8.42 Å². The average molecular weight is 509 g/mol. The molecule has 1 aliphatic rings. The van der Waals surface area contributed by atoms with Crippen LogP contribution in [0.1, 0.15) is 24.3 Å². The van der Waals surface area contributed by atoms with Crippen LogP contribution in [-0.4, -0.2) is 41.9 Å². The van der Waals surface area contributed by atoms with Gasteiger partial charge in [-0.05, 0) is 55.7 Å². The molecule has 174 valence electrons. The van der Waals surface area contributed by atoms with Crippen molar-refractivity contribution in [2.24, 2.45) is 5.92 Å². The summed E-state index contributed by atoms with van der Waals surface area (Å²) in [4.78, 5) is 16.9. The lowest BCUT2D eigenvalue weighted by atomic mass is 9.98. The van der Waals surface area contributed by atoms with E-state index in [1.807, 2.05) is 13.0 Å². The summed E-state index contributed by atoms with van der Waals surface area (Å²) in [5.41, 5.74) is 1.94. The molecule has 0 spiro atoms. The average Bonchev–Trinajstić information content (AvgIpc) is 3.23. The summed E-state index contributed by atoms with van der Waals surface area (Å²) in [5.74, 6) is -0.121. The summed E-state index contributed by atoms with van der Waals surface area (Å²) in [5, 5.41) is 7.31. The maximum atomic E-state index is 13.4. The van der Waals surface area contributed by atoms with Crippen molar-refractivity contribution in [3.05, 3.63) is 57.9 Å². The molecule has 1 fully saturated rings. The summed E-state index contributed by atoms with van der Waals surface area (Å²) in [7, 11) is -3.95. The Bertz CT molecular complexity index is 1310. The van der Waals surface area contributed by atoms with E-state index >= 15 is 0 Å². The van der Waals surface area contributed by atoms with Crippen LogP contribution in [0.15, 0.2) is 45.8 Å². The predicted octanol–water partition coefficient (Wildman–Crippen LogP) is 4.70. The van der Waals surface area contributed by atoms with Crippen LogP contribution in [0.25, 0.3) is 11.4 Å². The van der Waals surface area contributed by atoms with E-state index in [0.717, 1.165) is 5.56 Å². The molecule has 0 saturated carbocycles. The van der Waals surface area contributed by atoms with E-state index in [1.165, 1.54) is 16.4 Å². The molecular formula is C22H22Cl2N4O4S. The summed E-state index contributed by atoms with van der Waals surface area (Å²) in [6, 6.07) is 9.81. The van der Waals surface area contributed by atoms with Gasteiger partial charge in [-0.1, -0.05) is 34.4 Å². The van der Waals surface area contributed by atoms with Crippen molar-refractivity contribution in [1.82, 2.24) is 14.4 Å². The first kappa shape index (κ1) is 23.7. The first-order chi connectivity index (χ1) is 15.6. The number of halogens is 2. The molecule has 1 N–H and O–H groups in total. The number of piperidine rings is 1. The number of carbonyl (C=O) groups excluding carboxylic acids is 1. The van der Waals surface area contributed by atoms with Crippen LogP contribution < -0.4 is 5.32 Å². The van der Waals surface area contributed by atoms with Gasteiger partial charge in [-0.3, -0.25) is 4.79 Å². The molecule has 11 heteroatoms. The second-order valence-corrected chi connectivity index (χ2v) is 10.7. The van der Waals surface area contributed by atoms with Crippen molar-refractivity contribution in [3.8, 4) is 11.4 Å². The number of hydrogen-bond acceptors (Lipinski definition) is 6. The van der Waals surface area contributed by atoms with Gasteiger partial charge >= 0.3 is 0 Å². The minimum atomic E-state index is -3.95. The van der Waals surface area contributed by atoms with Crippen LogP contribution in [0.3, 0.4) is 0 Å². The van der Waals surface area contributed by atoms with E-state index < -0.39 is 15.9 Å². The number of nitrogens with one attached hydrogen (secondary N) is 1. The summed E-state index contributed by atoms with van der Waals surface area (Å²) in [6.07, 6.45) is 1.13. The van der Waals surface area contributed by atoms with Gasteiger partial charge in [0.05, 0.1) is 10.9 Å². The molecule has 0 aliphatic carbocycles. The predicted molar refractivity (Wildman–Crippen MR) is 126 cm³/mol. The third kappa shape index (κ3) is 5.06. The van der Waals surface area contributed by atoms with Crippen molar-refractivity contribution < 1.29 is 17.7 Å². The third-order valence-corrected chi connectivity index (χ3v) is 8.28. The molecule has 3 aromatic rings. The molecule has 4 rings (SSSR count). The smallest absolute Gasteiger partial charge is 0.244 e. The van der Waals surface area contributed by atoms with Crippen molar-refractivity contribution in [1.29, 1.82) is 0 Å². The second kappa shape index (κ2) is 9.42. The monoisotopic (exact) mass is 508 g/mol. The molecule has 1 atom stereocenters. The molecule has 1 aromatic heterocycles. The van der Waals surface area contributed by atoms with Gasteiger partial charge in [0, 0.05) is 36.3 Å². The number of hydrogen-bond donors (Lipinski definition) is 1. The highest BCUT2D eigenvalue weighted by molar-refractivity contribution is 7.89. The first-order valence-corrected chi connectivity index (χ1v) is 12.5. The highest BCUT2D eigenvalue weighted by Crippen LogP contribution is 2.32. The SMILES string of the molecule is Cc1nc(-c2ccc(Cl)c(S(=O)(=O)N3CCC[C@H](C(=O)Nc4ccc(C)c(Cl)c4)C3)c2)no1. The largest absolute Gasteiger partial charge is 0.339 e. The van der Waals surface area contributed by atoms with E-state index in [1.54, 1.807) is 25.1 Å². The molecule has 2 heterocycles. The Morgan fingerprint density at radius 2 is 1.94 bits per heavy atom. The van der Waals surface area contributed by atoms with Crippen LogP contribution >= 0.6 is 23.2 Å². The minimum absolute atomic E-state index is 0.0512. The normalized spacial score (nSPS) is 17.2. The molecule has 33 heavy (non-hydrogen) atoms. The Labute approximate surface area is 201 Å². The Kier molecular flexibility index (Phi) is 6.76. The summed E-state index contributed by atoms with van der Waals surface area (Å²) in [6.45, 7) is 3.87. The second-order valence-electron chi connectivity index (χ2n) is 7.94. The summed E-state index contributed by atoms with van der Waals surface area (Å²) < 4.78 is 33.2. The lowest BCUT2D eigenvalue weighted by Gasteiger charge is -2.31. The number of rotatable bonds is 5. The fraction of sp³-hybridized carbons (Fsp3) is 0.318. The van der Waals surface area contributed by atoms with E-state index in [2.05, 4.69) is 15.5 Å². The fourth-order valence-electron chi connectivity index (χ4n) is 3.69. The molecule has 1 saturated heterocycles. The van der Waals surface area contributed by atoms with Crippen molar-refractivity contribution >= 4 is 44.8 Å². The van der Waals surface area contributed by atoms with Gasteiger partial charge in [0.1, 0.15) is 4.90 Å². The third-order valence-electron chi connectivity index (χ3n) is 5.53. The topological polar surface area (TPSA) is 105 Å². The van der Waals surface area contributed by atoms with E-state index in [4.69, 9.17) is 27.7 Å². The number of benzene rings is 2. The zero-order valence-corrected chi connectivity index (χ0v) is 20.3. The van der Waals surface area contributed by atoms with E-state index in [0.29, 0.717) is 41.6 Å². The molecule has 0 unspecified atom stereocenters. The number of nitrogens with zero attached hydrogens (tertiary/aromatic N) is 3. The zero-order chi connectivity index (χ0) is 23.8. The van der Waals surface area contributed by atoms with Gasteiger partial charge in [0.25, 0.3) is 0 Å². The van der Waals surface area contributed by atoms with Gasteiger partial charge < -0.3 is 9.84 Å². The summed E-state index contributed by atoms with van der Waals surface area (Å²) >= 11 is 12.4. The lowest BCUT2D eigenvalue weighted by Crippen LogP contribution is -2.43. The maximum Gasteiger partial charge on any atom is 0.244 e. The first-order valence-electron chi connectivity index (χ1n) is 10.3. The van der Waals surface area contributed by atoms with Crippen molar-refractivity contribution in [2.45, 2.75) is 31.6 Å². The highest BCUT2D eigenvalue weighted by atomic mass is 35.5.